The molecule has 0 aromatic carbocycles. The van der Waals surface area contributed by atoms with Crippen LogP contribution in [-0.4, -0.2) is 22.3 Å². The highest BCUT2D eigenvalue weighted by molar-refractivity contribution is 7.07. The molecule has 1 fully saturated rings. The molecule has 0 saturated carbocycles. The second-order valence-electron chi connectivity index (χ2n) is 6.16. The predicted molar refractivity (Wildman–Crippen MR) is 86.7 cm³/mol. The first-order valence-corrected chi connectivity index (χ1v) is 8.80. The summed E-state index contributed by atoms with van der Waals surface area (Å²) in [6.45, 7) is 5.02. The van der Waals surface area contributed by atoms with Crippen LogP contribution < -0.4 is 0 Å². The molecular weight excluding hydrogens is 296 g/mol. The zero-order valence-corrected chi connectivity index (χ0v) is 13.9. The number of thiazole rings is 1. The first-order chi connectivity index (χ1) is 10.6. The van der Waals surface area contributed by atoms with Crippen LogP contribution in [0.3, 0.4) is 0 Å². The highest BCUT2D eigenvalue weighted by Crippen LogP contribution is 2.35. The van der Waals surface area contributed by atoms with Gasteiger partial charge in [-0.15, -0.1) is 11.3 Å². The van der Waals surface area contributed by atoms with E-state index in [9.17, 15) is 4.79 Å². The summed E-state index contributed by atoms with van der Waals surface area (Å²) < 4.78 is 5.80. The topological polar surface area (TPSA) is 46.3 Å². The Balaban J connectivity index is 1.70. The molecule has 0 bridgehead atoms. The molecule has 22 heavy (non-hydrogen) atoms. The smallest absolute Gasteiger partial charge is 0.223 e. The molecule has 0 N–H and O–H groups in total. The summed E-state index contributed by atoms with van der Waals surface area (Å²) in [5, 5.41) is 2.01. The van der Waals surface area contributed by atoms with Crippen LogP contribution >= 0.6 is 11.3 Å². The molecule has 3 rings (SSSR count). The van der Waals surface area contributed by atoms with Crippen LogP contribution in [0.1, 0.15) is 49.4 Å². The molecule has 1 aliphatic rings. The number of hydrogen-bond donors (Lipinski definition) is 0. The van der Waals surface area contributed by atoms with Crippen LogP contribution in [0.4, 0.5) is 0 Å². The normalized spacial score (nSPS) is 22.0. The van der Waals surface area contributed by atoms with Gasteiger partial charge in [-0.1, -0.05) is 6.92 Å². The lowest BCUT2D eigenvalue weighted by atomic mass is 9.90. The number of carbonyl (C=O) groups is 1. The molecule has 1 saturated heterocycles. The van der Waals surface area contributed by atoms with E-state index in [1.54, 1.807) is 11.3 Å². The molecule has 2 aromatic rings. The maximum Gasteiger partial charge on any atom is 0.223 e. The highest BCUT2D eigenvalue weighted by Gasteiger charge is 2.32. The number of carbonyl (C=O) groups excluding carboxylic acids is 1. The predicted octanol–water partition coefficient (Wildman–Crippen LogP) is 3.98. The van der Waals surface area contributed by atoms with E-state index in [1.165, 1.54) is 0 Å². The summed E-state index contributed by atoms with van der Waals surface area (Å²) in [7, 11) is 0. The zero-order chi connectivity index (χ0) is 15.5. The van der Waals surface area contributed by atoms with Crippen LogP contribution in [-0.2, 0) is 11.2 Å². The Morgan fingerprint density at radius 2 is 2.36 bits per heavy atom. The van der Waals surface area contributed by atoms with Crippen molar-refractivity contribution in [3.05, 3.63) is 40.2 Å². The molecule has 4 nitrogen and oxygen atoms in total. The third kappa shape index (κ3) is 3.40. The fourth-order valence-corrected chi connectivity index (χ4v) is 3.67. The number of aryl methyl sites for hydroxylation is 2. The maximum atomic E-state index is 12.7. The van der Waals surface area contributed by atoms with Gasteiger partial charge in [0, 0.05) is 18.3 Å². The highest BCUT2D eigenvalue weighted by atomic mass is 32.1. The van der Waals surface area contributed by atoms with E-state index in [0.29, 0.717) is 12.3 Å². The molecule has 2 aromatic heterocycles. The average molecular weight is 318 g/mol. The largest absolute Gasteiger partial charge is 0.464 e. The quantitative estimate of drug-likeness (QED) is 0.856. The van der Waals surface area contributed by atoms with Gasteiger partial charge in [-0.05, 0) is 44.2 Å². The van der Waals surface area contributed by atoms with Crippen LogP contribution in [0.2, 0.25) is 0 Å². The standard InChI is InChI=1S/C17H22N2O2S/c1-12-7-8-19(15(9-12)16-5-3-13(2)21-16)17(20)6-4-14-10-22-11-18-14/h3,5,10-12,15H,4,6-9H2,1-2H3/t12-,15+/m1/s1. The van der Waals surface area contributed by atoms with E-state index in [4.69, 9.17) is 4.42 Å². The zero-order valence-electron chi connectivity index (χ0n) is 13.1. The lowest BCUT2D eigenvalue weighted by Gasteiger charge is -2.37. The van der Waals surface area contributed by atoms with Crippen molar-refractivity contribution in [1.82, 2.24) is 9.88 Å². The lowest BCUT2D eigenvalue weighted by Crippen LogP contribution is -2.40. The van der Waals surface area contributed by atoms with Crippen molar-refractivity contribution >= 4 is 17.2 Å². The van der Waals surface area contributed by atoms with Crippen LogP contribution in [0, 0.1) is 12.8 Å². The number of piperidine rings is 1. The van der Waals surface area contributed by atoms with Gasteiger partial charge in [-0.3, -0.25) is 4.79 Å². The third-order valence-corrected chi connectivity index (χ3v) is 4.99. The number of nitrogens with zero attached hydrogens (tertiary/aromatic N) is 2. The van der Waals surface area contributed by atoms with Gasteiger partial charge in [0.15, 0.2) is 0 Å². The first-order valence-electron chi connectivity index (χ1n) is 7.86. The van der Waals surface area contributed by atoms with Gasteiger partial charge < -0.3 is 9.32 Å². The molecule has 118 valence electrons. The lowest BCUT2D eigenvalue weighted by molar-refractivity contribution is -0.136. The molecule has 1 amide bonds. The number of rotatable bonds is 4. The Labute approximate surface area is 135 Å². The molecule has 1 aliphatic heterocycles. The van der Waals surface area contributed by atoms with Gasteiger partial charge in [0.05, 0.1) is 17.2 Å². The Kier molecular flexibility index (Phi) is 4.62. The summed E-state index contributed by atoms with van der Waals surface area (Å²) in [5.41, 5.74) is 2.82. The van der Waals surface area contributed by atoms with Crippen LogP contribution in [0.25, 0.3) is 0 Å². The Morgan fingerprint density at radius 1 is 1.50 bits per heavy atom. The minimum Gasteiger partial charge on any atom is -0.464 e. The Hall–Kier alpha value is -1.62. The maximum absolute atomic E-state index is 12.7. The first kappa shape index (κ1) is 15.3. The molecule has 0 spiro atoms. The van der Waals surface area contributed by atoms with Crippen LogP contribution in [0.15, 0.2) is 27.4 Å². The van der Waals surface area contributed by atoms with E-state index in [2.05, 4.69) is 11.9 Å². The Bertz CT molecular complexity index is 620. The van der Waals surface area contributed by atoms with E-state index in [0.717, 1.165) is 43.0 Å². The number of aromatic nitrogens is 1. The van der Waals surface area contributed by atoms with Gasteiger partial charge >= 0.3 is 0 Å². The minimum atomic E-state index is 0.0837. The van der Waals surface area contributed by atoms with Crippen molar-refractivity contribution in [2.45, 2.75) is 45.6 Å². The number of amides is 1. The van der Waals surface area contributed by atoms with Crippen molar-refractivity contribution < 1.29 is 9.21 Å². The van der Waals surface area contributed by atoms with E-state index < -0.39 is 0 Å². The summed E-state index contributed by atoms with van der Waals surface area (Å²) >= 11 is 1.58. The van der Waals surface area contributed by atoms with Gasteiger partial charge in [0.25, 0.3) is 0 Å². The number of hydrogen-bond acceptors (Lipinski definition) is 4. The molecule has 0 radical (unpaired) electrons. The summed E-state index contributed by atoms with van der Waals surface area (Å²) in [6, 6.07) is 4.08. The molecule has 0 unspecified atom stereocenters. The molecule has 0 aliphatic carbocycles. The van der Waals surface area contributed by atoms with Crippen molar-refractivity contribution in [2.75, 3.05) is 6.54 Å². The fourth-order valence-electron chi connectivity index (χ4n) is 3.08. The van der Waals surface area contributed by atoms with E-state index in [-0.39, 0.29) is 11.9 Å². The van der Waals surface area contributed by atoms with Crippen molar-refractivity contribution in [3.8, 4) is 0 Å². The second-order valence-corrected chi connectivity index (χ2v) is 6.88. The van der Waals surface area contributed by atoms with Crippen molar-refractivity contribution in [2.24, 2.45) is 5.92 Å². The molecule has 5 heteroatoms. The molecule has 3 heterocycles. The van der Waals surface area contributed by atoms with Crippen molar-refractivity contribution in [1.29, 1.82) is 0 Å². The number of likely N-dealkylation sites (tertiary alicyclic amines) is 1. The van der Waals surface area contributed by atoms with E-state index in [1.807, 2.05) is 34.8 Å². The van der Waals surface area contributed by atoms with E-state index >= 15 is 0 Å². The van der Waals surface area contributed by atoms with Gasteiger partial charge in [0.2, 0.25) is 5.91 Å². The monoisotopic (exact) mass is 318 g/mol. The summed E-state index contributed by atoms with van der Waals surface area (Å²) in [5.74, 6) is 2.66. The SMILES string of the molecule is Cc1ccc([C@@H]2C[C@H](C)CCN2C(=O)CCc2cscn2)o1. The second kappa shape index (κ2) is 6.65. The summed E-state index contributed by atoms with van der Waals surface area (Å²) in [4.78, 5) is 18.9. The van der Waals surface area contributed by atoms with Crippen molar-refractivity contribution in [3.63, 3.8) is 0 Å². The van der Waals surface area contributed by atoms with Gasteiger partial charge in [-0.25, -0.2) is 4.98 Å². The van der Waals surface area contributed by atoms with Gasteiger partial charge in [0.1, 0.15) is 11.5 Å². The minimum absolute atomic E-state index is 0.0837. The third-order valence-electron chi connectivity index (χ3n) is 4.35. The molecule has 2 atom stereocenters. The van der Waals surface area contributed by atoms with Crippen LogP contribution in [0.5, 0.6) is 0 Å². The summed E-state index contributed by atoms with van der Waals surface area (Å²) in [6.07, 6.45) is 3.29. The van der Waals surface area contributed by atoms with Gasteiger partial charge in [-0.2, -0.15) is 0 Å². The average Bonchev–Trinajstić information content (AvgIpc) is 3.16. The number of furan rings is 1. The molecular formula is C17H22N2O2S. The fraction of sp³-hybridized carbons (Fsp3) is 0.529. The Morgan fingerprint density at radius 3 is 3.05 bits per heavy atom.